The van der Waals surface area contributed by atoms with Gasteiger partial charge in [-0.15, -0.1) is 0 Å². The normalized spacial score (nSPS) is 10.1. The van der Waals surface area contributed by atoms with Crippen molar-refractivity contribution in [3.63, 3.8) is 0 Å². The quantitative estimate of drug-likeness (QED) is 0.778. The standard InChI is InChI=1S/C11H9FN2O3S/c12-10-8-9(2-1-6-15)3-4-11(10)14-18(16,17)7-5-13/h3-4,8,14-15H,6-7H2. The second-order valence-electron chi connectivity index (χ2n) is 3.17. The van der Waals surface area contributed by atoms with E-state index in [2.05, 4.69) is 11.8 Å². The van der Waals surface area contributed by atoms with Crippen molar-refractivity contribution in [2.45, 2.75) is 0 Å². The van der Waals surface area contributed by atoms with Gasteiger partial charge in [-0.2, -0.15) is 5.26 Å². The predicted octanol–water partition coefficient (Wildman–Crippen LogP) is 0.435. The van der Waals surface area contributed by atoms with Crippen LogP contribution in [0.2, 0.25) is 0 Å². The highest BCUT2D eigenvalue weighted by Crippen LogP contribution is 2.16. The number of aliphatic hydroxyl groups is 1. The Morgan fingerprint density at radius 1 is 1.44 bits per heavy atom. The van der Waals surface area contributed by atoms with Crippen LogP contribution in [-0.4, -0.2) is 25.9 Å². The molecule has 18 heavy (non-hydrogen) atoms. The van der Waals surface area contributed by atoms with Gasteiger partial charge in [0.15, 0.2) is 5.75 Å². The van der Waals surface area contributed by atoms with Crippen molar-refractivity contribution >= 4 is 15.7 Å². The van der Waals surface area contributed by atoms with E-state index in [0.29, 0.717) is 5.56 Å². The Kier molecular flexibility index (Phi) is 4.67. The first kappa shape index (κ1) is 14.0. The van der Waals surface area contributed by atoms with Crippen LogP contribution in [0.3, 0.4) is 0 Å². The third-order valence-electron chi connectivity index (χ3n) is 1.80. The summed E-state index contributed by atoms with van der Waals surface area (Å²) < 4.78 is 38.0. The molecule has 0 fully saturated rings. The Labute approximate surface area is 104 Å². The maximum Gasteiger partial charge on any atom is 0.246 e. The van der Waals surface area contributed by atoms with Crippen LogP contribution in [0.15, 0.2) is 18.2 Å². The van der Waals surface area contributed by atoms with E-state index in [1.54, 1.807) is 0 Å². The van der Waals surface area contributed by atoms with Gasteiger partial charge in [0.2, 0.25) is 10.0 Å². The minimum Gasteiger partial charge on any atom is -0.384 e. The van der Waals surface area contributed by atoms with Gasteiger partial charge in [-0.05, 0) is 18.2 Å². The summed E-state index contributed by atoms with van der Waals surface area (Å²) in [5.74, 6) is 3.26. The summed E-state index contributed by atoms with van der Waals surface area (Å²) in [6.45, 7) is -0.349. The molecule has 1 aromatic carbocycles. The Balaban J connectivity index is 2.97. The molecule has 0 amide bonds. The van der Waals surface area contributed by atoms with Crippen LogP contribution in [0.5, 0.6) is 0 Å². The van der Waals surface area contributed by atoms with Crippen molar-refractivity contribution < 1.29 is 17.9 Å². The molecular weight excluding hydrogens is 259 g/mol. The highest BCUT2D eigenvalue weighted by atomic mass is 32.2. The maximum absolute atomic E-state index is 13.5. The number of halogens is 1. The van der Waals surface area contributed by atoms with Gasteiger partial charge >= 0.3 is 0 Å². The van der Waals surface area contributed by atoms with Crippen LogP contribution in [0.1, 0.15) is 5.56 Å². The van der Waals surface area contributed by atoms with E-state index in [1.165, 1.54) is 18.2 Å². The molecule has 0 aliphatic heterocycles. The molecule has 7 heteroatoms. The van der Waals surface area contributed by atoms with Crippen molar-refractivity contribution in [1.29, 1.82) is 5.26 Å². The Bertz CT molecular complexity index is 638. The zero-order valence-electron chi connectivity index (χ0n) is 9.14. The molecule has 0 aromatic heterocycles. The summed E-state index contributed by atoms with van der Waals surface area (Å²) in [4.78, 5) is 0. The van der Waals surface area contributed by atoms with Crippen LogP contribution >= 0.6 is 0 Å². The molecule has 0 spiro atoms. The number of anilines is 1. The van der Waals surface area contributed by atoms with Gasteiger partial charge in [0, 0.05) is 5.56 Å². The number of nitriles is 1. The van der Waals surface area contributed by atoms with Crippen LogP contribution in [-0.2, 0) is 10.0 Å². The number of hydrogen-bond acceptors (Lipinski definition) is 4. The van der Waals surface area contributed by atoms with Crippen LogP contribution < -0.4 is 4.72 Å². The van der Waals surface area contributed by atoms with Crippen molar-refractivity contribution in [2.75, 3.05) is 17.1 Å². The van der Waals surface area contributed by atoms with E-state index in [1.807, 2.05) is 4.72 Å². The number of nitrogens with zero attached hydrogens (tertiary/aromatic N) is 1. The summed E-state index contributed by atoms with van der Waals surface area (Å²) in [7, 11) is -3.86. The lowest BCUT2D eigenvalue weighted by Crippen LogP contribution is -2.16. The van der Waals surface area contributed by atoms with Gasteiger partial charge in [0.25, 0.3) is 0 Å². The molecule has 0 aliphatic carbocycles. The van der Waals surface area contributed by atoms with Crippen LogP contribution in [0.4, 0.5) is 10.1 Å². The Morgan fingerprint density at radius 3 is 2.72 bits per heavy atom. The summed E-state index contributed by atoms with van der Waals surface area (Å²) in [6.07, 6.45) is 0. The number of sulfonamides is 1. The van der Waals surface area contributed by atoms with Crippen LogP contribution in [0, 0.1) is 29.0 Å². The van der Waals surface area contributed by atoms with E-state index >= 15 is 0 Å². The first-order chi connectivity index (χ1) is 8.48. The van der Waals surface area contributed by atoms with E-state index in [0.717, 1.165) is 6.07 Å². The Hall–Kier alpha value is -2.09. The first-order valence-corrected chi connectivity index (χ1v) is 6.40. The van der Waals surface area contributed by atoms with Gasteiger partial charge < -0.3 is 5.11 Å². The smallest absolute Gasteiger partial charge is 0.246 e. The summed E-state index contributed by atoms with van der Waals surface area (Å²) >= 11 is 0. The minimum atomic E-state index is -3.86. The highest BCUT2D eigenvalue weighted by Gasteiger charge is 2.12. The molecule has 0 unspecified atom stereocenters. The van der Waals surface area contributed by atoms with E-state index in [4.69, 9.17) is 10.4 Å². The molecular formula is C11H9FN2O3S. The van der Waals surface area contributed by atoms with Crippen molar-refractivity contribution in [3.8, 4) is 17.9 Å². The molecule has 1 aromatic rings. The molecule has 94 valence electrons. The molecule has 2 N–H and O–H groups in total. The second kappa shape index (κ2) is 6.01. The SMILES string of the molecule is N#CCS(=O)(=O)Nc1ccc(C#CCO)cc1F. The maximum atomic E-state index is 13.5. The average molecular weight is 268 g/mol. The third kappa shape index (κ3) is 4.06. The number of nitrogens with one attached hydrogen (secondary N) is 1. The zero-order valence-corrected chi connectivity index (χ0v) is 9.96. The van der Waals surface area contributed by atoms with Gasteiger partial charge in [-0.3, -0.25) is 4.72 Å². The molecule has 0 atom stereocenters. The lowest BCUT2D eigenvalue weighted by molar-refractivity contribution is 0.350. The topological polar surface area (TPSA) is 90.2 Å². The van der Waals surface area contributed by atoms with Gasteiger partial charge in [-0.1, -0.05) is 11.8 Å². The monoisotopic (exact) mass is 268 g/mol. The molecule has 0 aliphatic rings. The fourth-order valence-corrected chi connectivity index (χ4v) is 1.85. The molecule has 1 rings (SSSR count). The average Bonchev–Trinajstić information content (AvgIpc) is 2.29. The predicted molar refractivity (Wildman–Crippen MR) is 63.4 cm³/mol. The Morgan fingerprint density at radius 2 is 2.17 bits per heavy atom. The van der Waals surface area contributed by atoms with E-state index < -0.39 is 21.6 Å². The summed E-state index contributed by atoms with van der Waals surface area (Å²) in [6, 6.07) is 5.10. The largest absolute Gasteiger partial charge is 0.384 e. The minimum absolute atomic E-state index is 0.250. The fraction of sp³-hybridized carbons (Fsp3) is 0.182. The second-order valence-corrected chi connectivity index (χ2v) is 4.90. The molecule has 0 radical (unpaired) electrons. The zero-order chi connectivity index (χ0) is 13.6. The number of rotatable bonds is 3. The lowest BCUT2D eigenvalue weighted by atomic mass is 10.2. The summed E-state index contributed by atoms with van der Waals surface area (Å²) in [5.41, 5.74) is 0.0598. The highest BCUT2D eigenvalue weighted by molar-refractivity contribution is 7.92. The number of hydrogen-bond donors (Lipinski definition) is 2. The lowest BCUT2D eigenvalue weighted by Gasteiger charge is -2.06. The molecule has 5 nitrogen and oxygen atoms in total. The number of benzene rings is 1. The molecule has 0 saturated heterocycles. The van der Waals surface area contributed by atoms with Crippen molar-refractivity contribution in [2.24, 2.45) is 0 Å². The van der Waals surface area contributed by atoms with Crippen LogP contribution in [0.25, 0.3) is 0 Å². The number of aliphatic hydroxyl groups excluding tert-OH is 1. The van der Waals surface area contributed by atoms with Gasteiger partial charge in [-0.25, -0.2) is 12.8 Å². The van der Waals surface area contributed by atoms with E-state index in [9.17, 15) is 12.8 Å². The van der Waals surface area contributed by atoms with Gasteiger partial charge in [0.05, 0.1) is 11.8 Å². The van der Waals surface area contributed by atoms with E-state index in [-0.39, 0.29) is 12.3 Å². The molecule has 0 bridgehead atoms. The molecule has 0 saturated carbocycles. The van der Waals surface area contributed by atoms with Crippen molar-refractivity contribution in [3.05, 3.63) is 29.6 Å². The molecule has 0 heterocycles. The fourth-order valence-electron chi connectivity index (χ4n) is 1.11. The first-order valence-electron chi connectivity index (χ1n) is 4.75. The summed E-state index contributed by atoms with van der Waals surface area (Å²) in [5, 5.41) is 16.8. The van der Waals surface area contributed by atoms with Gasteiger partial charge in [0.1, 0.15) is 12.4 Å². The third-order valence-corrected chi connectivity index (χ3v) is 2.84. The van der Waals surface area contributed by atoms with Crippen molar-refractivity contribution in [1.82, 2.24) is 0 Å².